The van der Waals surface area contributed by atoms with Crippen molar-refractivity contribution in [3.63, 3.8) is 0 Å². The molecule has 29 heavy (non-hydrogen) atoms. The standard InChI is InChI=1S/C22H27FN4O2/c1-4-13-29-20-8-6-5-7-18(20)15-27-22(24-3)26-12-11-25-21(28)17-10-9-16(2)19(23)14-17/h4-10,14H,1,11-13,15H2,2-3H3,(H,25,28)(H2,24,26,27). The van der Waals surface area contributed by atoms with Crippen molar-refractivity contribution in [2.24, 2.45) is 4.99 Å². The number of halogens is 1. The molecule has 0 aliphatic heterocycles. The highest BCUT2D eigenvalue weighted by molar-refractivity contribution is 5.94. The monoisotopic (exact) mass is 398 g/mol. The first-order chi connectivity index (χ1) is 14.0. The number of hydrogen-bond donors (Lipinski definition) is 3. The Morgan fingerprint density at radius 1 is 1.17 bits per heavy atom. The minimum absolute atomic E-state index is 0.298. The van der Waals surface area contributed by atoms with E-state index in [-0.39, 0.29) is 5.91 Å². The number of carbonyl (C=O) groups is 1. The number of para-hydroxylation sites is 1. The largest absolute Gasteiger partial charge is 0.489 e. The molecule has 0 spiro atoms. The van der Waals surface area contributed by atoms with Crippen LogP contribution in [-0.4, -0.2) is 38.6 Å². The molecule has 0 aromatic heterocycles. The second-order valence-corrected chi connectivity index (χ2v) is 6.28. The summed E-state index contributed by atoms with van der Waals surface area (Å²) in [7, 11) is 1.67. The molecule has 3 N–H and O–H groups in total. The Bertz CT molecular complexity index is 868. The second kappa shape index (κ2) is 11.5. The van der Waals surface area contributed by atoms with Gasteiger partial charge >= 0.3 is 0 Å². The van der Waals surface area contributed by atoms with Crippen LogP contribution in [0.3, 0.4) is 0 Å². The highest BCUT2D eigenvalue weighted by Gasteiger charge is 2.08. The van der Waals surface area contributed by atoms with Crippen LogP contribution in [0, 0.1) is 12.7 Å². The van der Waals surface area contributed by atoms with Crippen molar-refractivity contribution in [1.82, 2.24) is 16.0 Å². The number of hydrogen-bond acceptors (Lipinski definition) is 3. The van der Waals surface area contributed by atoms with E-state index in [2.05, 4.69) is 27.5 Å². The van der Waals surface area contributed by atoms with Gasteiger partial charge in [0.1, 0.15) is 18.2 Å². The number of nitrogens with zero attached hydrogens (tertiary/aromatic N) is 1. The lowest BCUT2D eigenvalue weighted by atomic mass is 10.1. The van der Waals surface area contributed by atoms with Crippen LogP contribution in [0.4, 0.5) is 4.39 Å². The summed E-state index contributed by atoms with van der Waals surface area (Å²) < 4.78 is 19.2. The lowest BCUT2D eigenvalue weighted by Crippen LogP contribution is -2.41. The van der Waals surface area contributed by atoms with Crippen LogP contribution in [0.5, 0.6) is 5.75 Å². The van der Waals surface area contributed by atoms with Gasteiger partial charge in [0.25, 0.3) is 5.91 Å². The van der Waals surface area contributed by atoms with Crippen LogP contribution in [0.25, 0.3) is 0 Å². The van der Waals surface area contributed by atoms with Gasteiger partial charge in [-0.25, -0.2) is 4.39 Å². The molecule has 0 saturated carbocycles. The molecular weight excluding hydrogens is 371 g/mol. The summed E-state index contributed by atoms with van der Waals surface area (Å²) in [6.07, 6.45) is 1.70. The molecule has 6 nitrogen and oxygen atoms in total. The van der Waals surface area contributed by atoms with E-state index < -0.39 is 5.82 Å². The first-order valence-electron chi connectivity index (χ1n) is 9.35. The molecule has 0 atom stereocenters. The molecule has 2 aromatic carbocycles. The van der Waals surface area contributed by atoms with Gasteiger partial charge in [-0.1, -0.05) is 36.9 Å². The van der Waals surface area contributed by atoms with Gasteiger partial charge in [0.05, 0.1) is 0 Å². The van der Waals surface area contributed by atoms with E-state index in [1.165, 1.54) is 6.07 Å². The van der Waals surface area contributed by atoms with Crippen molar-refractivity contribution in [2.75, 3.05) is 26.7 Å². The maximum atomic E-state index is 13.6. The summed E-state index contributed by atoms with van der Waals surface area (Å²) in [4.78, 5) is 16.3. The zero-order valence-electron chi connectivity index (χ0n) is 16.8. The Hall–Kier alpha value is -3.35. The van der Waals surface area contributed by atoms with Gasteiger partial charge in [0, 0.05) is 37.8 Å². The van der Waals surface area contributed by atoms with Crippen molar-refractivity contribution in [2.45, 2.75) is 13.5 Å². The minimum atomic E-state index is -0.391. The molecule has 0 unspecified atom stereocenters. The molecule has 0 fully saturated rings. The summed E-state index contributed by atoms with van der Waals surface area (Å²) in [5.41, 5.74) is 1.80. The third-order valence-electron chi connectivity index (χ3n) is 4.14. The van der Waals surface area contributed by atoms with E-state index >= 15 is 0 Å². The predicted molar refractivity (Wildman–Crippen MR) is 114 cm³/mol. The van der Waals surface area contributed by atoms with Crippen LogP contribution >= 0.6 is 0 Å². The first-order valence-corrected chi connectivity index (χ1v) is 9.35. The molecule has 1 amide bonds. The minimum Gasteiger partial charge on any atom is -0.489 e. The lowest BCUT2D eigenvalue weighted by Gasteiger charge is -2.14. The van der Waals surface area contributed by atoms with Gasteiger partial charge in [0.2, 0.25) is 0 Å². The number of nitrogens with one attached hydrogen (secondary N) is 3. The van der Waals surface area contributed by atoms with Crippen LogP contribution in [0.15, 0.2) is 60.1 Å². The Kier molecular flexibility index (Phi) is 8.69. The average molecular weight is 398 g/mol. The zero-order chi connectivity index (χ0) is 21.1. The van der Waals surface area contributed by atoms with E-state index in [4.69, 9.17) is 4.74 Å². The van der Waals surface area contributed by atoms with Crippen molar-refractivity contribution >= 4 is 11.9 Å². The highest BCUT2D eigenvalue weighted by atomic mass is 19.1. The highest BCUT2D eigenvalue weighted by Crippen LogP contribution is 2.17. The van der Waals surface area contributed by atoms with E-state index in [1.807, 2.05) is 24.3 Å². The molecule has 0 heterocycles. The molecule has 0 aliphatic rings. The molecule has 154 valence electrons. The zero-order valence-corrected chi connectivity index (χ0v) is 16.8. The summed E-state index contributed by atoms with van der Waals surface area (Å²) in [5, 5.41) is 9.08. The fourth-order valence-corrected chi connectivity index (χ4v) is 2.53. The number of aliphatic imine (C=N–C) groups is 1. The Morgan fingerprint density at radius 3 is 2.66 bits per heavy atom. The van der Waals surface area contributed by atoms with Crippen LogP contribution < -0.4 is 20.7 Å². The Balaban J connectivity index is 1.77. The van der Waals surface area contributed by atoms with E-state index in [0.717, 1.165) is 11.3 Å². The van der Waals surface area contributed by atoms with Gasteiger partial charge in [-0.05, 0) is 30.7 Å². The average Bonchev–Trinajstić information content (AvgIpc) is 2.74. The van der Waals surface area contributed by atoms with Crippen molar-refractivity contribution in [3.8, 4) is 5.75 Å². The second-order valence-electron chi connectivity index (χ2n) is 6.28. The van der Waals surface area contributed by atoms with Gasteiger partial charge in [-0.2, -0.15) is 0 Å². The van der Waals surface area contributed by atoms with Crippen molar-refractivity contribution in [3.05, 3.63) is 77.6 Å². The summed E-state index contributed by atoms with van der Waals surface area (Å²) in [6, 6.07) is 12.2. The molecule has 2 aromatic rings. The topological polar surface area (TPSA) is 74.8 Å². The quantitative estimate of drug-likeness (QED) is 0.263. The van der Waals surface area contributed by atoms with Crippen LogP contribution in [0.1, 0.15) is 21.5 Å². The van der Waals surface area contributed by atoms with Crippen LogP contribution in [-0.2, 0) is 6.54 Å². The van der Waals surface area contributed by atoms with Crippen molar-refractivity contribution in [1.29, 1.82) is 0 Å². The van der Waals surface area contributed by atoms with E-state index in [0.29, 0.717) is 43.3 Å². The Labute approximate surface area is 170 Å². The fraction of sp³-hybridized carbons (Fsp3) is 0.273. The van der Waals surface area contributed by atoms with Gasteiger partial charge in [-0.3, -0.25) is 9.79 Å². The van der Waals surface area contributed by atoms with Gasteiger partial charge < -0.3 is 20.7 Å². The smallest absolute Gasteiger partial charge is 0.251 e. The third kappa shape index (κ3) is 6.95. The number of carbonyl (C=O) groups excluding carboxylic acids is 1. The van der Waals surface area contributed by atoms with E-state index in [1.54, 1.807) is 32.2 Å². The summed E-state index contributed by atoms with van der Waals surface area (Å²) >= 11 is 0. The number of ether oxygens (including phenoxy) is 1. The molecule has 0 aliphatic carbocycles. The number of guanidine groups is 1. The number of amides is 1. The van der Waals surface area contributed by atoms with Gasteiger partial charge in [-0.15, -0.1) is 0 Å². The van der Waals surface area contributed by atoms with E-state index in [9.17, 15) is 9.18 Å². The molecular formula is C22H27FN4O2. The molecule has 0 radical (unpaired) electrons. The maximum absolute atomic E-state index is 13.6. The molecule has 0 bridgehead atoms. The molecule has 2 rings (SSSR count). The fourth-order valence-electron chi connectivity index (χ4n) is 2.53. The predicted octanol–water partition coefficient (Wildman–Crippen LogP) is 2.79. The van der Waals surface area contributed by atoms with Crippen LogP contribution in [0.2, 0.25) is 0 Å². The number of aryl methyl sites for hydroxylation is 1. The van der Waals surface area contributed by atoms with Crippen molar-refractivity contribution < 1.29 is 13.9 Å². The van der Waals surface area contributed by atoms with Gasteiger partial charge in [0.15, 0.2) is 5.96 Å². The first kappa shape index (κ1) is 21.9. The SMILES string of the molecule is C=CCOc1ccccc1CNC(=NC)NCCNC(=O)c1ccc(C)c(F)c1. The Morgan fingerprint density at radius 2 is 1.93 bits per heavy atom. The lowest BCUT2D eigenvalue weighted by molar-refractivity contribution is 0.0954. The number of benzene rings is 2. The normalized spacial score (nSPS) is 10.9. The third-order valence-corrected chi connectivity index (χ3v) is 4.14. The molecule has 0 saturated heterocycles. The maximum Gasteiger partial charge on any atom is 0.251 e. The summed E-state index contributed by atoms with van der Waals surface area (Å²) in [6.45, 7) is 7.12. The number of rotatable bonds is 9. The summed E-state index contributed by atoms with van der Waals surface area (Å²) in [5.74, 6) is 0.673. The molecule has 7 heteroatoms.